The number of hydrogen-bond acceptors (Lipinski definition) is 3. The Balaban J connectivity index is 1.75. The molecule has 2 aliphatic rings. The molecule has 4 nitrogen and oxygen atoms in total. The minimum Gasteiger partial charge on any atom is -0.372 e. The standard InChI is InChI=1S/C19H20N2O2S/c1-13-11-20(12-14(2)23-13)19(22)21-15-7-3-5-9-17(15)24-18-10-6-4-8-16(18)21/h3-10,13-14H,11-12H2,1-2H3/t13-,14-/m0/s1. The van der Waals surface area contributed by atoms with Crippen molar-refractivity contribution < 1.29 is 9.53 Å². The number of nitrogens with zero attached hydrogens (tertiary/aromatic N) is 2. The number of carbonyl (C=O) groups is 1. The van der Waals surface area contributed by atoms with Crippen LogP contribution in [-0.2, 0) is 4.74 Å². The normalized spacial score (nSPS) is 22.8. The van der Waals surface area contributed by atoms with Crippen molar-refractivity contribution in [2.24, 2.45) is 0 Å². The Morgan fingerprint density at radius 2 is 1.46 bits per heavy atom. The van der Waals surface area contributed by atoms with Gasteiger partial charge in [0, 0.05) is 22.9 Å². The van der Waals surface area contributed by atoms with Gasteiger partial charge in [0.1, 0.15) is 0 Å². The predicted octanol–water partition coefficient (Wildman–Crippen LogP) is 4.52. The molecule has 0 N–H and O–H groups in total. The van der Waals surface area contributed by atoms with Crippen molar-refractivity contribution in [3.63, 3.8) is 0 Å². The smallest absolute Gasteiger partial charge is 0.329 e. The number of para-hydroxylation sites is 2. The molecule has 0 aliphatic carbocycles. The third-order valence-corrected chi connectivity index (χ3v) is 5.44. The van der Waals surface area contributed by atoms with E-state index in [1.807, 2.05) is 60.0 Å². The largest absolute Gasteiger partial charge is 0.372 e. The minimum atomic E-state index is 0.0252. The number of anilines is 2. The fraction of sp³-hybridized carbons (Fsp3) is 0.316. The van der Waals surface area contributed by atoms with Crippen LogP contribution in [0.3, 0.4) is 0 Å². The van der Waals surface area contributed by atoms with Crippen molar-refractivity contribution >= 4 is 29.2 Å². The Labute approximate surface area is 146 Å². The second-order valence-electron chi connectivity index (χ2n) is 6.32. The summed E-state index contributed by atoms with van der Waals surface area (Å²) in [7, 11) is 0. The van der Waals surface area contributed by atoms with E-state index in [-0.39, 0.29) is 18.2 Å². The number of benzene rings is 2. The van der Waals surface area contributed by atoms with Crippen molar-refractivity contribution in [2.75, 3.05) is 18.0 Å². The van der Waals surface area contributed by atoms with Gasteiger partial charge in [0.15, 0.2) is 0 Å². The summed E-state index contributed by atoms with van der Waals surface area (Å²) in [6.45, 7) is 5.28. The zero-order chi connectivity index (χ0) is 16.7. The second-order valence-corrected chi connectivity index (χ2v) is 7.40. The van der Waals surface area contributed by atoms with Crippen molar-refractivity contribution in [2.45, 2.75) is 35.8 Å². The zero-order valence-corrected chi connectivity index (χ0v) is 14.6. The van der Waals surface area contributed by atoms with Crippen molar-refractivity contribution in [1.29, 1.82) is 0 Å². The number of urea groups is 1. The van der Waals surface area contributed by atoms with Gasteiger partial charge in [-0.05, 0) is 38.1 Å². The van der Waals surface area contributed by atoms with E-state index in [4.69, 9.17) is 4.74 Å². The SMILES string of the molecule is C[C@H]1CN(C(=O)N2c3ccccc3Sc3ccccc32)C[C@H](C)O1. The second kappa shape index (κ2) is 6.15. The van der Waals surface area contributed by atoms with Crippen LogP contribution in [0.4, 0.5) is 16.2 Å². The lowest BCUT2D eigenvalue weighted by molar-refractivity contribution is -0.0535. The summed E-state index contributed by atoms with van der Waals surface area (Å²) in [5.41, 5.74) is 1.91. The maximum atomic E-state index is 13.4. The van der Waals surface area contributed by atoms with Crippen molar-refractivity contribution in [1.82, 2.24) is 4.90 Å². The van der Waals surface area contributed by atoms with Gasteiger partial charge in [-0.3, -0.25) is 4.90 Å². The molecule has 2 aromatic rings. The topological polar surface area (TPSA) is 32.8 Å². The third kappa shape index (κ3) is 2.68. The molecule has 4 rings (SSSR count). The lowest BCUT2D eigenvalue weighted by atomic mass is 10.2. The van der Waals surface area contributed by atoms with E-state index >= 15 is 0 Å². The first-order chi connectivity index (χ1) is 11.6. The van der Waals surface area contributed by atoms with Crippen LogP contribution in [0.25, 0.3) is 0 Å². The van der Waals surface area contributed by atoms with Gasteiger partial charge in [0.2, 0.25) is 0 Å². The predicted molar refractivity (Wildman–Crippen MR) is 96.1 cm³/mol. The van der Waals surface area contributed by atoms with Crippen LogP contribution in [-0.4, -0.2) is 36.2 Å². The van der Waals surface area contributed by atoms with Crippen LogP contribution in [0.1, 0.15) is 13.8 Å². The number of rotatable bonds is 0. The van der Waals surface area contributed by atoms with Gasteiger partial charge in [0.25, 0.3) is 0 Å². The first-order valence-corrected chi connectivity index (χ1v) is 9.05. The number of fused-ring (bicyclic) bond motifs is 2. The number of amides is 2. The maximum absolute atomic E-state index is 13.4. The fourth-order valence-electron chi connectivity index (χ4n) is 3.39. The van der Waals surface area contributed by atoms with Gasteiger partial charge in [-0.1, -0.05) is 36.0 Å². The molecule has 2 aliphatic heterocycles. The highest BCUT2D eigenvalue weighted by molar-refractivity contribution is 7.99. The Kier molecular flexibility index (Phi) is 3.98. The third-order valence-electron chi connectivity index (χ3n) is 4.31. The van der Waals surface area contributed by atoms with E-state index in [1.54, 1.807) is 11.8 Å². The van der Waals surface area contributed by atoms with Gasteiger partial charge in [-0.2, -0.15) is 0 Å². The maximum Gasteiger partial charge on any atom is 0.329 e. The van der Waals surface area contributed by atoms with Crippen LogP contribution < -0.4 is 4.90 Å². The van der Waals surface area contributed by atoms with Crippen LogP contribution >= 0.6 is 11.8 Å². The van der Waals surface area contributed by atoms with E-state index in [0.717, 1.165) is 21.2 Å². The van der Waals surface area contributed by atoms with Gasteiger partial charge < -0.3 is 9.64 Å². The molecule has 24 heavy (non-hydrogen) atoms. The minimum absolute atomic E-state index is 0.0252. The van der Waals surface area contributed by atoms with Gasteiger partial charge in [-0.25, -0.2) is 4.79 Å². The number of carbonyl (C=O) groups excluding carboxylic acids is 1. The summed E-state index contributed by atoms with van der Waals surface area (Å²) in [6, 6.07) is 16.2. The summed E-state index contributed by atoms with van der Waals surface area (Å²) < 4.78 is 5.78. The summed E-state index contributed by atoms with van der Waals surface area (Å²) in [5.74, 6) is 0. The molecular weight excluding hydrogens is 320 g/mol. The lowest BCUT2D eigenvalue weighted by Gasteiger charge is -2.40. The molecule has 2 atom stereocenters. The van der Waals surface area contributed by atoms with Gasteiger partial charge in [-0.15, -0.1) is 0 Å². The molecule has 1 fully saturated rings. The summed E-state index contributed by atoms with van der Waals surface area (Å²) >= 11 is 1.71. The van der Waals surface area contributed by atoms with Crippen LogP contribution in [0.2, 0.25) is 0 Å². The number of ether oxygens (including phenoxy) is 1. The number of morpholine rings is 1. The molecule has 5 heteroatoms. The van der Waals surface area contributed by atoms with E-state index < -0.39 is 0 Å². The Morgan fingerprint density at radius 3 is 2.00 bits per heavy atom. The summed E-state index contributed by atoms with van der Waals surface area (Å²) in [4.78, 5) is 19.3. The molecule has 1 saturated heterocycles. The molecule has 0 aromatic heterocycles. The molecule has 0 unspecified atom stereocenters. The molecule has 0 bridgehead atoms. The first-order valence-electron chi connectivity index (χ1n) is 8.24. The molecule has 0 radical (unpaired) electrons. The lowest BCUT2D eigenvalue weighted by Crippen LogP contribution is -2.52. The van der Waals surface area contributed by atoms with E-state index in [0.29, 0.717) is 13.1 Å². The van der Waals surface area contributed by atoms with Gasteiger partial charge in [0.05, 0.1) is 23.6 Å². The molecule has 2 amide bonds. The molecule has 0 saturated carbocycles. The van der Waals surface area contributed by atoms with Crippen LogP contribution in [0.15, 0.2) is 58.3 Å². The van der Waals surface area contributed by atoms with Crippen molar-refractivity contribution in [3.05, 3.63) is 48.5 Å². The fourth-order valence-corrected chi connectivity index (χ4v) is 4.44. The van der Waals surface area contributed by atoms with E-state index in [9.17, 15) is 4.79 Å². The van der Waals surface area contributed by atoms with E-state index in [2.05, 4.69) is 12.1 Å². The summed E-state index contributed by atoms with van der Waals surface area (Å²) in [5, 5.41) is 0. The Bertz CT molecular complexity index is 724. The Hall–Kier alpha value is -1.98. The van der Waals surface area contributed by atoms with E-state index in [1.165, 1.54) is 0 Å². The average Bonchev–Trinajstić information content (AvgIpc) is 2.58. The van der Waals surface area contributed by atoms with Crippen LogP contribution in [0.5, 0.6) is 0 Å². The van der Waals surface area contributed by atoms with Crippen molar-refractivity contribution in [3.8, 4) is 0 Å². The molecule has 124 valence electrons. The highest BCUT2D eigenvalue weighted by Gasteiger charge is 2.34. The van der Waals surface area contributed by atoms with Gasteiger partial charge >= 0.3 is 6.03 Å². The summed E-state index contributed by atoms with van der Waals surface area (Å²) in [6.07, 6.45) is 0.115. The van der Waals surface area contributed by atoms with Crippen LogP contribution in [0, 0.1) is 0 Å². The molecule has 2 aromatic carbocycles. The highest BCUT2D eigenvalue weighted by Crippen LogP contribution is 2.48. The quantitative estimate of drug-likeness (QED) is 0.707. The number of hydrogen-bond donors (Lipinski definition) is 0. The first kappa shape index (κ1) is 15.5. The molecule has 2 heterocycles. The monoisotopic (exact) mass is 340 g/mol. The molecular formula is C19H20N2O2S. The average molecular weight is 340 g/mol. The Morgan fingerprint density at radius 1 is 0.958 bits per heavy atom. The molecule has 0 spiro atoms. The highest BCUT2D eigenvalue weighted by atomic mass is 32.2. The zero-order valence-electron chi connectivity index (χ0n) is 13.8.